The lowest BCUT2D eigenvalue weighted by Gasteiger charge is -2.23. The van der Waals surface area contributed by atoms with Crippen LogP contribution in [0, 0.1) is 24.1 Å². The molecule has 4 rings (SSSR count). The molecule has 0 amide bonds. The number of rotatable bonds is 5. The first-order valence-electron chi connectivity index (χ1n) is 9.94. The second-order valence-electron chi connectivity index (χ2n) is 7.91. The van der Waals surface area contributed by atoms with E-state index in [4.69, 9.17) is 4.74 Å². The van der Waals surface area contributed by atoms with Crippen LogP contribution in [0.3, 0.4) is 0 Å². The largest absolute Gasteiger partial charge is 0.457 e. The molecule has 1 aromatic heterocycles. The number of hydrogen-bond donors (Lipinski definition) is 1. The maximum absolute atomic E-state index is 13.1. The van der Waals surface area contributed by atoms with Crippen LogP contribution in [0.1, 0.15) is 23.6 Å². The normalized spacial score (nSPS) is 12.8. The van der Waals surface area contributed by atoms with Crippen LogP contribution in [0.4, 0.5) is 4.39 Å². The van der Waals surface area contributed by atoms with Crippen LogP contribution in [0.15, 0.2) is 77.6 Å². The van der Waals surface area contributed by atoms with Gasteiger partial charge in [0.1, 0.15) is 17.3 Å². The first kappa shape index (κ1) is 20.4. The van der Waals surface area contributed by atoms with Crippen molar-refractivity contribution < 1.29 is 9.13 Å². The maximum Gasteiger partial charge on any atom is 0.251 e. The van der Waals surface area contributed by atoms with E-state index in [-0.39, 0.29) is 11.4 Å². The van der Waals surface area contributed by atoms with Crippen LogP contribution in [0.2, 0.25) is 0 Å². The van der Waals surface area contributed by atoms with Gasteiger partial charge >= 0.3 is 0 Å². The van der Waals surface area contributed by atoms with Gasteiger partial charge in [0.2, 0.25) is 0 Å². The Morgan fingerprint density at radius 2 is 1.81 bits per heavy atom. The molecule has 0 bridgehead atoms. The van der Waals surface area contributed by atoms with E-state index in [1.54, 1.807) is 19.1 Å². The Hall–Kier alpha value is -3.91. The molecule has 1 N–H and O–H groups in total. The van der Waals surface area contributed by atoms with Crippen molar-refractivity contribution in [3.63, 3.8) is 0 Å². The summed E-state index contributed by atoms with van der Waals surface area (Å²) in [5.74, 6) is 0.830. The number of nitrogens with zero attached hydrogens (tertiary/aromatic N) is 1. The number of H-pyrrole nitrogens is 1. The molecule has 4 aromatic rings. The highest BCUT2D eigenvalue weighted by atomic mass is 19.1. The van der Waals surface area contributed by atoms with E-state index in [1.165, 1.54) is 12.1 Å². The van der Waals surface area contributed by atoms with Crippen molar-refractivity contribution >= 4 is 10.9 Å². The lowest BCUT2D eigenvalue weighted by Crippen LogP contribution is -2.23. The number of nitriles is 1. The van der Waals surface area contributed by atoms with Crippen molar-refractivity contribution in [2.75, 3.05) is 0 Å². The van der Waals surface area contributed by atoms with E-state index >= 15 is 0 Å². The summed E-state index contributed by atoms with van der Waals surface area (Å²) in [5.41, 5.74) is 2.19. The third-order valence-corrected chi connectivity index (χ3v) is 5.42. The van der Waals surface area contributed by atoms with Gasteiger partial charge in [0, 0.05) is 11.1 Å². The summed E-state index contributed by atoms with van der Waals surface area (Å²) in [6.07, 6.45) is 0.464. The lowest BCUT2D eigenvalue weighted by molar-refractivity contribution is 0.479. The first-order valence-corrected chi connectivity index (χ1v) is 9.94. The predicted molar refractivity (Wildman–Crippen MR) is 119 cm³/mol. The second kappa shape index (κ2) is 8.08. The molecular weight excluding hydrogens is 391 g/mol. The van der Waals surface area contributed by atoms with Crippen molar-refractivity contribution in [2.45, 2.75) is 25.7 Å². The Morgan fingerprint density at radius 1 is 1.03 bits per heavy atom. The van der Waals surface area contributed by atoms with Gasteiger partial charge in [0.05, 0.1) is 11.5 Å². The number of nitrogens with one attached hydrogen (secondary N) is 1. The van der Waals surface area contributed by atoms with Gasteiger partial charge in [-0.25, -0.2) is 4.39 Å². The molecule has 0 fully saturated rings. The third kappa shape index (κ3) is 4.34. The topological polar surface area (TPSA) is 65.9 Å². The molecule has 0 aliphatic heterocycles. The van der Waals surface area contributed by atoms with Gasteiger partial charge in [-0.3, -0.25) is 4.79 Å². The highest BCUT2D eigenvalue weighted by Crippen LogP contribution is 2.31. The minimum atomic E-state index is -0.801. The SMILES string of the molecule is Cc1cc2ccc(C(C)(C#N)Cc3cccc(Oc4ccc(F)cc4)c3)cc2[nH]c1=O. The van der Waals surface area contributed by atoms with Crippen LogP contribution >= 0.6 is 0 Å². The number of fused-ring (bicyclic) bond motifs is 1. The number of aryl methyl sites for hydroxylation is 1. The molecular formula is C26H21FN2O2. The molecule has 154 valence electrons. The molecule has 3 aromatic carbocycles. The molecule has 0 spiro atoms. The van der Waals surface area contributed by atoms with Crippen LogP contribution in [-0.4, -0.2) is 4.98 Å². The summed E-state index contributed by atoms with van der Waals surface area (Å²) in [7, 11) is 0. The van der Waals surface area contributed by atoms with Gasteiger partial charge in [-0.05, 0) is 85.3 Å². The Morgan fingerprint density at radius 3 is 2.55 bits per heavy atom. The molecule has 1 atom stereocenters. The molecule has 0 aliphatic rings. The van der Waals surface area contributed by atoms with Gasteiger partial charge in [-0.2, -0.15) is 5.26 Å². The molecule has 0 saturated heterocycles. The summed E-state index contributed by atoms with van der Waals surface area (Å²) >= 11 is 0. The predicted octanol–water partition coefficient (Wildman–Crippen LogP) is 5.79. The van der Waals surface area contributed by atoms with Crippen molar-refractivity contribution in [1.82, 2.24) is 4.98 Å². The van der Waals surface area contributed by atoms with E-state index in [0.717, 1.165) is 16.5 Å². The van der Waals surface area contributed by atoms with Gasteiger partial charge < -0.3 is 9.72 Å². The molecule has 1 heterocycles. The number of halogens is 1. The zero-order chi connectivity index (χ0) is 22.0. The smallest absolute Gasteiger partial charge is 0.251 e. The summed E-state index contributed by atoms with van der Waals surface area (Å²) in [6.45, 7) is 3.65. The van der Waals surface area contributed by atoms with E-state index in [2.05, 4.69) is 11.1 Å². The molecule has 0 radical (unpaired) electrons. The minimum Gasteiger partial charge on any atom is -0.457 e. The van der Waals surface area contributed by atoms with Crippen molar-refractivity contribution in [1.29, 1.82) is 5.26 Å². The molecule has 31 heavy (non-hydrogen) atoms. The average Bonchev–Trinajstić information content (AvgIpc) is 2.76. The number of benzene rings is 3. The molecule has 0 aliphatic carbocycles. The Kier molecular flexibility index (Phi) is 5.31. The van der Waals surface area contributed by atoms with Gasteiger partial charge in [-0.1, -0.05) is 24.3 Å². The van der Waals surface area contributed by atoms with Crippen molar-refractivity contribution in [3.05, 3.63) is 106 Å². The molecule has 5 heteroatoms. The van der Waals surface area contributed by atoms with Gasteiger partial charge in [0.15, 0.2) is 0 Å². The zero-order valence-corrected chi connectivity index (χ0v) is 17.3. The van der Waals surface area contributed by atoms with Crippen molar-refractivity contribution in [2.24, 2.45) is 0 Å². The monoisotopic (exact) mass is 412 g/mol. The van der Waals surface area contributed by atoms with Crippen LogP contribution in [-0.2, 0) is 11.8 Å². The number of hydrogen-bond acceptors (Lipinski definition) is 3. The van der Waals surface area contributed by atoms with Crippen LogP contribution in [0.25, 0.3) is 10.9 Å². The number of pyridine rings is 1. The number of ether oxygens (including phenoxy) is 1. The Labute approximate surface area is 179 Å². The van der Waals surface area contributed by atoms with Gasteiger partial charge in [0.25, 0.3) is 5.56 Å². The molecule has 0 saturated carbocycles. The van der Waals surface area contributed by atoms with Crippen LogP contribution < -0.4 is 10.3 Å². The Balaban J connectivity index is 1.63. The molecule has 4 nitrogen and oxygen atoms in total. The van der Waals surface area contributed by atoms with Gasteiger partial charge in [-0.15, -0.1) is 0 Å². The first-order chi connectivity index (χ1) is 14.9. The zero-order valence-electron chi connectivity index (χ0n) is 17.3. The number of aromatic nitrogens is 1. The summed E-state index contributed by atoms with van der Waals surface area (Å²) in [6, 6.07) is 23.4. The standard InChI is InChI=1S/C26H21FN2O2/c1-17-12-19-6-7-20(14-24(19)29-25(17)30)26(2,16-28)15-18-4-3-5-23(13-18)31-22-10-8-21(27)9-11-22/h3-14H,15H2,1-2H3,(H,29,30). The average molecular weight is 412 g/mol. The quantitative estimate of drug-likeness (QED) is 0.451. The van der Waals surface area contributed by atoms with E-state index in [9.17, 15) is 14.4 Å². The number of aromatic amines is 1. The van der Waals surface area contributed by atoms with Crippen molar-refractivity contribution in [3.8, 4) is 17.6 Å². The third-order valence-electron chi connectivity index (χ3n) is 5.42. The van der Waals surface area contributed by atoms with Crippen LogP contribution in [0.5, 0.6) is 11.5 Å². The maximum atomic E-state index is 13.1. The molecule has 1 unspecified atom stereocenters. The Bertz CT molecular complexity index is 1350. The summed E-state index contributed by atoms with van der Waals surface area (Å²) < 4.78 is 18.9. The van der Waals surface area contributed by atoms with E-state index in [1.807, 2.05) is 55.5 Å². The highest BCUT2D eigenvalue weighted by molar-refractivity contribution is 5.80. The fraction of sp³-hybridized carbons (Fsp3) is 0.154. The van der Waals surface area contributed by atoms with E-state index < -0.39 is 5.41 Å². The summed E-state index contributed by atoms with van der Waals surface area (Å²) in [4.78, 5) is 14.9. The minimum absolute atomic E-state index is 0.131. The second-order valence-corrected chi connectivity index (χ2v) is 7.91. The summed E-state index contributed by atoms with van der Waals surface area (Å²) in [5, 5.41) is 10.9. The lowest BCUT2D eigenvalue weighted by atomic mass is 9.78. The fourth-order valence-electron chi connectivity index (χ4n) is 3.63. The van der Waals surface area contributed by atoms with E-state index in [0.29, 0.717) is 29.0 Å². The fourth-order valence-corrected chi connectivity index (χ4v) is 3.63. The highest BCUT2D eigenvalue weighted by Gasteiger charge is 2.27.